The van der Waals surface area contributed by atoms with Crippen LogP contribution in [0.25, 0.3) is 11.2 Å². The Morgan fingerprint density at radius 3 is 2.45 bits per heavy atom. The molecule has 0 bridgehead atoms. The molecule has 0 atom stereocenters. The fourth-order valence-corrected chi connectivity index (χ4v) is 1.97. The number of aromatic amines is 1. The van der Waals surface area contributed by atoms with Gasteiger partial charge in [-0.15, -0.1) is 0 Å². The summed E-state index contributed by atoms with van der Waals surface area (Å²) in [5.74, 6) is 0.491. The molecular formula is C13H20N4O5. The van der Waals surface area contributed by atoms with E-state index < -0.39 is 11.2 Å². The van der Waals surface area contributed by atoms with E-state index in [2.05, 4.69) is 9.97 Å². The number of aryl methyl sites for hydroxylation is 1. The summed E-state index contributed by atoms with van der Waals surface area (Å²) < 4.78 is 17.9. The molecule has 2 heterocycles. The normalized spacial score (nSPS) is 11.4. The zero-order chi connectivity index (χ0) is 16.1. The molecule has 0 amide bonds. The molecule has 9 nitrogen and oxygen atoms in total. The fraction of sp³-hybridized carbons (Fsp3) is 0.615. The Labute approximate surface area is 126 Å². The summed E-state index contributed by atoms with van der Waals surface area (Å²) in [7, 11) is 4.61. The van der Waals surface area contributed by atoms with E-state index in [-0.39, 0.29) is 6.61 Å². The third kappa shape index (κ3) is 3.43. The van der Waals surface area contributed by atoms with Crippen LogP contribution in [0.3, 0.4) is 0 Å². The molecule has 0 spiro atoms. The van der Waals surface area contributed by atoms with E-state index in [1.807, 2.05) is 0 Å². The zero-order valence-electron chi connectivity index (χ0n) is 12.9. The maximum absolute atomic E-state index is 12.0. The first-order chi connectivity index (χ1) is 10.6. The summed E-state index contributed by atoms with van der Waals surface area (Å²) in [5, 5.41) is 0. The number of ether oxygens (including phenoxy) is 3. The van der Waals surface area contributed by atoms with Crippen LogP contribution in [0.2, 0.25) is 0 Å². The van der Waals surface area contributed by atoms with Gasteiger partial charge in [-0.3, -0.25) is 13.9 Å². The lowest BCUT2D eigenvalue weighted by molar-refractivity contribution is 0.0186. The van der Waals surface area contributed by atoms with Gasteiger partial charge in [0.25, 0.3) is 5.56 Å². The molecule has 2 aromatic heterocycles. The number of imidazole rings is 1. The molecule has 0 unspecified atom stereocenters. The molecule has 0 aliphatic rings. The summed E-state index contributed by atoms with van der Waals surface area (Å²) in [5.41, 5.74) is -0.203. The van der Waals surface area contributed by atoms with Crippen LogP contribution >= 0.6 is 0 Å². The number of fused-ring (bicyclic) bond motifs is 1. The molecule has 0 aromatic carbocycles. The minimum atomic E-state index is -0.414. The predicted octanol–water partition coefficient (Wildman–Crippen LogP) is -0.860. The average molecular weight is 312 g/mol. The first-order valence-corrected chi connectivity index (χ1v) is 6.85. The van der Waals surface area contributed by atoms with Crippen molar-refractivity contribution in [2.45, 2.75) is 6.61 Å². The van der Waals surface area contributed by atoms with Crippen LogP contribution in [-0.4, -0.2) is 52.6 Å². The lowest BCUT2D eigenvalue weighted by Gasteiger charge is -2.03. The third-order valence-electron chi connectivity index (χ3n) is 3.19. The largest absolute Gasteiger partial charge is 0.382 e. The molecule has 9 heteroatoms. The van der Waals surface area contributed by atoms with Gasteiger partial charge in [-0.25, -0.2) is 9.78 Å². The monoisotopic (exact) mass is 312 g/mol. The molecule has 0 aliphatic heterocycles. The SMILES string of the molecule is COCCOCCOCc1nc2c([nH]1)c(=O)n(C)c(=O)n2C. The standard InChI is InChI=1S/C13H20N4O5/c1-16-11-10(12(18)17(2)13(16)19)14-9(15-11)8-22-7-6-21-5-4-20-3/h4-8H2,1-3H3,(H,14,15). The highest BCUT2D eigenvalue weighted by molar-refractivity contribution is 5.69. The molecule has 2 rings (SSSR count). The van der Waals surface area contributed by atoms with Crippen molar-refractivity contribution in [1.82, 2.24) is 19.1 Å². The van der Waals surface area contributed by atoms with Crippen molar-refractivity contribution in [3.05, 3.63) is 26.7 Å². The quantitative estimate of drug-likeness (QED) is 0.637. The number of methoxy groups -OCH3 is 1. The summed E-state index contributed by atoms with van der Waals surface area (Å²) in [6, 6.07) is 0. The van der Waals surface area contributed by atoms with Gasteiger partial charge >= 0.3 is 5.69 Å². The van der Waals surface area contributed by atoms with E-state index in [1.165, 1.54) is 11.6 Å². The molecule has 1 N–H and O–H groups in total. The van der Waals surface area contributed by atoms with Crippen molar-refractivity contribution in [2.75, 3.05) is 33.5 Å². The molecule has 122 valence electrons. The first kappa shape index (κ1) is 16.4. The molecule has 0 saturated carbocycles. The van der Waals surface area contributed by atoms with Crippen molar-refractivity contribution in [3.63, 3.8) is 0 Å². The number of nitrogens with zero attached hydrogens (tertiary/aromatic N) is 3. The van der Waals surface area contributed by atoms with Crippen molar-refractivity contribution >= 4 is 11.2 Å². The molecule has 2 aromatic rings. The molecular weight excluding hydrogens is 292 g/mol. The summed E-state index contributed by atoms with van der Waals surface area (Å²) in [6.07, 6.45) is 0. The van der Waals surface area contributed by atoms with Crippen molar-refractivity contribution in [3.8, 4) is 0 Å². The molecule has 22 heavy (non-hydrogen) atoms. The highest BCUT2D eigenvalue weighted by Gasteiger charge is 2.13. The van der Waals surface area contributed by atoms with E-state index in [9.17, 15) is 9.59 Å². The molecule has 0 saturated heterocycles. The van der Waals surface area contributed by atoms with Crippen LogP contribution < -0.4 is 11.2 Å². The number of H-pyrrole nitrogens is 1. The van der Waals surface area contributed by atoms with E-state index in [4.69, 9.17) is 14.2 Å². The van der Waals surface area contributed by atoms with E-state index in [1.54, 1.807) is 14.2 Å². The third-order valence-corrected chi connectivity index (χ3v) is 3.19. The number of hydrogen-bond acceptors (Lipinski definition) is 6. The minimum absolute atomic E-state index is 0.208. The summed E-state index contributed by atoms with van der Waals surface area (Å²) in [6.45, 7) is 2.12. The lowest BCUT2D eigenvalue weighted by atomic mass is 10.5. The maximum Gasteiger partial charge on any atom is 0.332 e. The summed E-state index contributed by atoms with van der Waals surface area (Å²) in [4.78, 5) is 30.9. The van der Waals surface area contributed by atoms with Crippen LogP contribution in [0.1, 0.15) is 5.82 Å². The highest BCUT2D eigenvalue weighted by atomic mass is 16.5. The number of nitrogens with one attached hydrogen (secondary N) is 1. The number of rotatable bonds is 8. The van der Waals surface area contributed by atoms with Gasteiger partial charge in [0.05, 0.1) is 26.4 Å². The smallest absolute Gasteiger partial charge is 0.332 e. The number of aromatic nitrogens is 4. The Morgan fingerprint density at radius 2 is 1.73 bits per heavy atom. The van der Waals surface area contributed by atoms with Crippen molar-refractivity contribution in [1.29, 1.82) is 0 Å². The van der Waals surface area contributed by atoms with Gasteiger partial charge in [0.15, 0.2) is 5.65 Å². The number of hydrogen-bond donors (Lipinski definition) is 1. The van der Waals surface area contributed by atoms with E-state index >= 15 is 0 Å². The van der Waals surface area contributed by atoms with Crippen LogP contribution in [0.4, 0.5) is 0 Å². The fourth-order valence-electron chi connectivity index (χ4n) is 1.97. The van der Waals surface area contributed by atoms with Crippen LogP contribution in [0, 0.1) is 0 Å². The lowest BCUT2D eigenvalue weighted by Crippen LogP contribution is -2.36. The van der Waals surface area contributed by atoms with Crippen LogP contribution in [-0.2, 0) is 34.9 Å². The second kappa shape index (κ2) is 7.34. The first-order valence-electron chi connectivity index (χ1n) is 6.85. The molecule has 0 aliphatic carbocycles. The highest BCUT2D eigenvalue weighted by Crippen LogP contribution is 2.05. The van der Waals surface area contributed by atoms with Gasteiger partial charge in [-0.2, -0.15) is 0 Å². The second-order valence-corrected chi connectivity index (χ2v) is 4.75. The van der Waals surface area contributed by atoms with Crippen molar-refractivity contribution in [2.24, 2.45) is 14.1 Å². The Morgan fingerprint density at radius 1 is 1.05 bits per heavy atom. The van der Waals surface area contributed by atoms with E-state index in [0.29, 0.717) is 43.4 Å². The van der Waals surface area contributed by atoms with E-state index in [0.717, 1.165) is 4.57 Å². The van der Waals surface area contributed by atoms with Gasteiger partial charge in [0.1, 0.15) is 17.9 Å². The maximum atomic E-state index is 12.0. The summed E-state index contributed by atoms with van der Waals surface area (Å²) >= 11 is 0. The minimum Gasteiger partial charge on any atom is -0.382 e. The zero-order valence-corrected chi connectivity index (χ0v) is 12.9. The Hall–Kier alpha value is -1.97. The van der Waals surface area contributed by atoms with Gasteiger partial charge in [-0.1, -0.05) is 0 Å². The topological polar surface area (TPSA) is 100 Å². The van der Waals surface area contributed by atoms with Gasteiger partial charge in [-0.05, 0) is 0 Å². The van der Waals surface area contributed by atoms with Gasteiger partial charge in [0, 0.05) is 21.2 Å². The van der Waals surface area contributed by atoms with Crippen molar-refractivity contribution < 1.29 is 14.2 Å². The Balaban J connectivity index is 1.99. The average Bonchev–Trinajstić information content (AvgIpc) is 2.94. The molecule has 0 radical (unpaired) electrons. The Bertz CT molecular complexity index is 745. The van der Waals surface area contributed by atoms with Gasteiger partial charge in [0.2, 0.25) is 0 Å². The van der Waals surface area contributed by atoms with Gasteiger partial charge < -0.3 is 19.2 Å². The van der Waals surface area contributed by atoms with Crippen LogP contribution in [0.15, 0.2) is 9.59 Å². The Kier molecular flexibility index (Phi) is 5.47. The predicted molar refractivity (Wildman–Crippen MR) is 78.9 cm³/mol. The van der Waals surface area contributed by atoms with Crippen LogP contribution in [0.5, 0.6) is 0 Å². The second-order valence-electron chi connectivity index (χ2n) is 4.75. The molecule has 0 fully saturated rings.